The van der Waals surface area contributed by atoms with Gasteiger partial charge in [0.25, 0.3) is 0 Å². The molecule has 0 saturated heterocycles. The van der Waals surface area contributed by atoms with Gasteiger partial charge in [-0.05, 0) is 29.0 Å². The zero-order chi connectivity index (χ0) is 14.7. The molecule has 0 amide bonds. The SMILES string of the molecule is OC(CCCl)(c1ccccc1)c1cccc2cnccc12. The van der Waals surface area contributed by atoms with Crippen LogP contribution in [-0.4, -0.2) is 16.0 Å². The van der Waals surface area contributed by atoms with E-state index in [0.29, 0.717) is 12.3 Å². The van der Waals surface area contributed by atoms with Crippen molar-refractivity contribution in [2.24, 2.45) is 0 Å². The molecule has 0 aliphatic heterocycles. The first-order valence-corrected chi connectivity index (χ1v) is 7.46. The fourth-order valence-corrected chi connectivity index (χ4v) is 3.04. The Morgan fingerprint density at radius 3 is 2.57 bits per heavy atom. The van der Waals surface area contributed by atoms with Crippen LogP contribution in [0.2, 0.25) is 0 Å². The molecule has 2 aromatic carbocycles. The standard InChI is InChI=1S/C18H16ClNO/c19-11-10-18(21,15-6-2-1-3-7-15)17-8-4-5-14-13-20-12-9-16(14)17/h1-9,12-13,21H,10-11H2. The number of aliphatic hydroxyl groups is 1. The van der Waals surface area contributed by atoms with E-state index in [1.54, 1.807) is 6.20 Å². The molecule has 0 fully saturated rings. The summed E-state index contributed by atoms with van der Waals surface area (Å²) >= 11 is 5.96. The molecular weight excluding hydrogens is 282 g/mol. The van der Waals surface area contributed by atoms with Crippen molar-refractivity contribution >= 4 is 22.4 Å². The van der Waals surface area contributed by atoms with E-state index in [1.165, 1.54) is 0 Å². The van der Waals surface area contributed by atoms with Gasteiger partial charge < -0.3 is 5.11 Å². The molecular formula is C18H16ClNO. The summed E-state index contributed by atoms with van der Waals surface area (Å²) in [7, 11) is 0. The number of nitrogens with zero attached hydrogens (tertiary/aromatic N) is 1. The maximum Gasteiger partial charge on any atom is 0.116 e. The van der Waals surface area contributed by atoms with Crippen LogP contribution in [0.15, 0.2) is 67.0 Å². The van der Waals surface area contributed by atoms with Crippen molar-refractivity contribution in [3.05, 3.63) is 78.1 Å². The lowest BCUT2D eigenvalue weighted by atomic mass is 9.82. The van der Waals surface area contributed by atoms with Crippen LogP contribution in [0.4, 0.5) is 0 Å². The summed E-state index contributed by atoms with van der Waals surface area (Å²) in [6, 6.07) is 17.5. The quantitative estimate of drug-likeness (QED) is 0.736. The van der Waals surface area contributed by atoms with Gasteiger partial charge in [0, 0.05) is 23.7 Å². The van der Waals surface area contributed by atoms with Gasteiger partial charge in [-0.25, -0.2) is 0 Å². The van der Waals surface area contributed by atoms with Gasteiger partial charge in [0.1, 0.15) is 5.60 Å². The second-order valence-electron chi connectivity index (χ2n) is 5.07. The van der Waals surface area contributed by atoms with Crippen molar-refractivity contribution in [3.63, 3.8) is 0 Å². The van der Waals surface area contributed by atoms with Crippen molar-refractivity contribution in [1.82, 2.24) is 4.98 Å². The number of fused-ring (bicyclic) bond motifs is 1. The van der Waals surface area contributed by atoms with E-state index >= 15 is 0 Å². The average molecular weight is 298 g/mol. The van der Waals surface area contributed by atoms with Gasteiger partial charge in [0.15, 0.2) is 0 Å². The Morgan fingerprint density at radius 2 is 1.81 bits per heavy atom. The number of pyridine rings is 1. The fraction of sp³-hybridized carbons (Fsp3) is 0.167. The Kier molecular flexibility index (Phi) is 3.91. The average Bonchev–Trinajstić information content (AvgIpc) is 2.55. The van der Waals surface area contributed by atoms with E-state index in [-0.39, 0.29) is 0 Å². The third-order valence-corrected chi connectivity index (χ3v) is 4.02. The molecule has 106 valence electrons. The second-order valence-corrected chi connectivity index (χ2v) is 5.45. The summed E-state index contributed by atoms with van der Waals surface area (Å²) < 4.78 is 0. The highest BCUT2D eigenvalue weighted by molar-refractivity contribution is 6.17. The second kappa shape index (κ2) is 5.84. The first-order chi connectivity index (χ1) is 10.3. The van der Waals surface area contributed by atoms with E-state index in [4.69, 9.17) is 11.6 Å². The Morgan fingerprint density at radius 1 is 1.00 bits per heavy atom. The molecule has 3 aromatic rings. The smallest absolute Gasteiger partial charge is 0.116 e. The molecule has 0 bridgehead atoms. The van der Waals surface area contributed by atoms with Crippen molar-refractivity contribution in [2.75, 3.05) is 5.88 Å². The van der Waals surface area contributed by atoms with E-state index in [9.17, 15) is 5.11 Å². The molecule has 0 aliphatic rings. The third kappa shape index (κ3) is 2.53. The summed E-state index contributed by atoms with van der Waals surface area (Å²) in [6.45, 7) is 0. The highest BCUT2D eigenvalue weighted by atomic mass is 35.5. The van der Waals surface area contributed by atoms with Crippen LogP contribution < -0.4 is 0 Å². The first kappa shape index (κ1) is 14.1. The van der Waals surface area contributed by atoms with Crippen molar-refractivity contribution < 1.29 is 5.11 Å². The molecule has 0 spiro atoms. The number of alkyl halides is 1. The minimum Gasteiger partial charge on any atom is -0.380 e. The first-order valence-electron chi connectivity index (χ1n) is 6.93. The van der Waals surface area contributed by atoms with Crippen LogP contribution in [0, 0.1) is 0 Å². The van der Waals surface area contributed by atoms with Crippen LogP contribution >= 0.6 is 11.6 Å². The van der Waals surface area contributed by atoms with E-state index < -0.39 is 5.60 Å². The maximum atomic E-state index is 11.3. The Bertz CT molecular complexity index is 739. The predicted octanol–water partition coefficient (Wildman–Crippen LogP) is 4.10. The normalized spacial score (nSPS) is 14.0. The molecule has 2 nitrogen and oxygen atoms in total. The van der Waals surface area contributed by atoms with Gasteiger partial charge in [-0.15, -0.1) is 11.6 Å². The number of hydrogen-bond acceptors (Lipinski definition) is 2. The molecule has 1 N–H and O–H groups in total. The third-order valence-electron chi connectivity index (χ3n) is 3.83. The summed E-state index contributed by atoms with van der Waals surface area (Å²) in [6.07, 6.45) is 4.02. The summed E-state index contributed by atoms with van der Waals surface area (Å²) in [5.41, 5.74) is 0.633. The molecule has 1 aromatic heterocycles. The molecule has 1 atom stereocenters. The van der Waals surface area contributed by atoms with E-state index in [0.717, 1.165) is 21.9 Å². The lowest BCUT2D eigenvalue weighted by molar-refractivity contribution is 0.0790. The van der Waals surface area contributed by atoms with E-state index in [1.807, 2.05) is 60.8 Å². The molecule has 1 unspecified atom stereocenters. The topological polar surface area (TPSA) is 33.1 Å². The molecule has 1 heterocycles. The van der Waals surface area contributed by atoms with Gasteiger partial charge in [-0.1, -0.05) is 48.5 Å². The Hall–Kier alpha value is -1.90. The minimum atomic E-state index is -1.09. The molecule has 0 aliphatic carbocycles. The van der Waals surface area contributed by atoms with Gasteiger partial charge in [0.2, 0.25) is 0 Å². The number of aromatic nitrogens is 1. The summed E-state index contributed by atoms with van der Waals surface area (Å²) in [5.74, 6) is 0.382. The molecule has 3 rings (SSSR count). The van der Waals surface area contributed by atoms with Gasteiger partial charge in [0.05, 0.1) is 0 Å². The predicted molar refractivity (Wildman–Crippen MR) is 86.5 cm³/mol. The lowest BCUT2D eigenvalue weighted by Gasteiger charge is -2.30. The van der Waals surface area contributed by atoms with Gasteiger partial charge in [-0.2, -0.15) is 0 Å². The molecule has 21 heavy (non-hydrogen) atoms. The van der Waals surface area contributed by atoms with Crippen LogP contribution in [-0.2, 0) is 5.60 Å². The summed E-state index contributed by atoms with van der Waals surface area (Å²) in [5, 5.41) is 13.4. The Labute approximate surface area is 129 Å². The highest BCUT2D eigenvalue weighted by Gasteiger charge is 2.32. The zero-order valence-electron chi connectivity index (χ0n) is 11.5. The Balaban J connectivity index is 2.25. The molecule has 3 heteroatoms. The number of halogens is 1. The van der Waals surface area contributed by atoms with Crippen LogP contribution in [0.3, 0.4) is 0 Å². The van der Waals surface area contributed by atoms with Crippen molar-refractivity contribution in [3.8, 4) is 0 Å². The number of hydrogen-bond donors (Lipinski definition) is 1. The van der Waals surface area contributed by atoms with Crippen LogP contribution in [0.5, 0.6) is 0 Å². The van der Waals surface area contributed by atoms with Crippen molar-refractivity contribution in [2.45, 2.75) is 12.0 Å². The van der Waals surface area contributed by atoms with Crippen LogP contribution in [0.1, 0.15) is 17.5 Å². The van der Waals surface area contributed by atoms with Crippen molar-refractivity contribution in [1.29, 1.82) is 0 Å². The van der Waals surface area contributed by atoms with Crippen LogP contribution in [0.25, 0.3) is 10.8 Å². The molecule has 0 saturated carbocycles. The fourth-order valence-electron chi connectivity index (χ4n) is 2.77. The number of rotatable bonds is 4. The minimum absolute atomic E-state index is 0.382. The monoisotopic (exact) mass is 297 g/mol. The lowest BCUT2D eigenvalue weighted by Crippen LogP contribution is -2.28. The highest BCUT2D eigenvalue weighted by Crippen LogP contribution is 2.37. The zero-order valence-corrected chi connectivity index (χ0v) is 12.3. The van der Waals surface area contributed by atoms with E-state index in [2.05, 4.69) is 4.98 Å². The van der Waals surface area contributed by atoms with Gasteiger partial charge in [-0.3, -0.25) is 4.98 Å². The summed E-state index contributed by atoms with van der Waals surface area (Å²) in [4.78, 5) is 4.15. The van der Waals surface area contributed by atoms with Gasteiger partial charge >= 0.3 is 0 Å². The molecule has 0 radical (unpaired) electrons. The largest absolute Gasteiger partial charge is 0.380 e. The maximum absolute atomic E-state index is 11.3. The number of benzene rings is 2.